The summed E-state index contributed by atoms with van der Waals surface area (Å²) in [5.74, 6) is 0.943. The number of pyridine rings is 1. The van der Waals surface area contributed by atoms with Gasteiger partial charge in [-0.3, -0.25) is 0 Å². The molecule has 4 heteroatoms. The molecule has 0 aliphatic carbocycles. The van der Waals surface area contributed by atoms with E-state index in [1.165, 1.54) is 5.39 Å². The zero-order valence-electron chi connectivity index (χ0n) is 12.1. The quantitative estimate of drug-likeness (QED) is 0.690. The third kappa shape index (κ3) is 4.79. The van der Waals surface area contributed by atoms with Gasteiger partial charge >= 0.3 is 0 Å². The van der Waals surface area contributed by atoms with Crippen molar-refractivity contribution < 1.29 is 4.74 Å². The number of anilines is 1. The summed E-state index contributed by atoms with van der Waals surface area (Å²) in [6.07, 6.45) is 1.07. The molecule has 0 atom stereocenters. The van der Waals surface area contributed by atoms with Crippen molar-refractivity contribution in [1.29, 1.82) is 0 Å². The van der Waals surface area contributed by atoms with E-state index in [2.05, 4.69) is 27.8 Å². The Bertz CT molecular complexity index is 516. The van der Waals surface area contributed by atoms with Crippen LogP contribution in [0.25, 0.3) is 10.9 Å². The second-order valence-corrected chi connectivity index (χ2v) is 4.62. The molecule has 0 aliphatic rings. The van der Waals surface area contributed by atoms with E-state index < -0.39 is 0 Å². The monoisotopic (exact) mass is 273 g/mol. The first-order valence-electron chi connectivity index (χ1n) is 7.28. The van der Waals surface area contributed by atoms with E-state index in [0.717, 1.165) is 50.6 Å². The van der Waals surface area contributed by atoms with Crippen LogP contribution in [-0.4, -0.2) is 37.8 Å². The normalized spacial score (nSPS) is 10.8. The molecule has 0 bridgehead atoms. The SMILES string of the molecule is CCOCCNCCCNc1ccc2ccccc2n1. The summed E-state index contributed by atoms with van der Waals surface area (Å²) >= 11 is 0. The number of ether oxygens (including phenoxy) is 1. The number of benzene rings is 1. The van der Waals surface area contributed by atoms with Crippen molar-refractivity contribution in [1.82, 2.24) is 10.3 Å². The fraction of sp³-hybridized carbons (Fsp3) is 0.438. The number of fused-ring (bicyclic) bond motifs is 1. The number of hydrogen-bond donors (Lipinski definition) is 2. The van der Waals surface area contributed by atoms with Gasteiger partial charge in [-0.25, -0.2) is 4.98 Å². The van der Waals surface area contributed by atoms with Crippen molar-refractivity contribution in [2.24, 2.45) is 0 Å². The van der Waals surface area contributed by atoms with Gasteiger partial charge in [0.1, 0.15) is 5.82 Å². The Hall–Kier alpha value is -1.65. The highest BCUT2D eigenvalue weighted by atomic mass is 16.5. The molecule has 1 aromatic carbocycles. The lowest BCUT2D eigenvalue weighted by atomic mass is 10.2. The van der Waals surface area contributed by atoms with Gasteiger partial charge in [0.25, 0.3) is 0 Å². The average molecular weight is 273 g/mol. The van der Waals surface area contributed by atoms with E-state index in [1.807, 2.05) is 31.2 Å². The Kier molecular flexibility index (Phi) is 6.27. The van der Waals surface area contributed by atoms with Crippen LogP contribution in [0.2, 0.25) is 0 Å². The highest BCUT2D eigenvalue weighted by Gasteiger charge is 1.96. The third-order valence-corrected chi connectivity index (χ3v) is 3.06. The van der Waals surface area contributed by atoms with Crippen LogP contribution < -0.4 is 10.6 Å². The van der Waals surface area contributed by atoms with E-state index in [-0.39, 0.29) is 0 Å². The van der Waals surface area contributed by atoms with Crippen molar-refractivity contribution in [3.05, 3.63) is 36.4 Å². The lowest BCUT2D eigenvalue weighted by Gasteiger charge is -2.07. The molecular formula is C16H23N3O. The largest absolute Gasteiger partial charge is 0.380 e. The van der Waals surface area contributed by atoms with Gasteiger partial charge in [-0.05, 0) is 38.1 Å². The molecule has 1 aromatic heterocycles. The van der Waals surface area contributed by atoms with Gasteiger partial charge in [-0.1, -0.05) is 18.2 Å². The minimum atomic E-state index is 0.788. The maximum Gasteiger partial charge on any atom is 0.126 e. The summed E-state index contributed by atoms with van der Waals surface area (Å²) in [6.45, 7) is 6.43. The molecule has 1 heterocycles. The molecule has 2 N–H and O–H groups in total. The average Bonchev–Trinajstić information content (AvgIpc) is 2.50. The fourth-order valence-corrected chi connectivity index (χ4v) is 2.01. The minimum Gasteiger partial charge on any atom is -0.380 e. The van der Waals surface area contributed by atoms with Crippen molar-refractivity contribution in [3.8, 4) is 0 Å². The maximum absolute atomic E-state index is 5.26. The van der Waals surface area contributed by atoms with Crippen LogP contribution in [0.3, 0.4) is 0 Å². The Labute approximate surface area is 120 Å². The molecule has 0 amide bonds. The van der Waals surface area contributed by atoms with Gasteiger partial charge in [0, 0.05) is 25.1 Å². The minimum absolute atomic E-state index is 0.788. The molecule has 2 aromatic rings. The van der Waals surface area contributed by atoms with Crippen molar-refractivity contribution in [2.45, 2.75) is 13.3 Å². The predicted molar refractivity (Wildman–Crippen MR) is 84.2 cm³/mol. The Morgan fingerprint density at radius 2 is 1.95 bits per heavy atom. The second-order valence-electron chi connectivity index (χ2n) is 4.62. The standard InChI is InChI=1S/C16H23N3O/c1-2-20-13-12-17-10-5-11-18-16-9-8-14-6-3-4-7-15(14)19-16/h3-4,6-9,17H,2,5,10-13H2,1H3,(H,18,19). The van der Waals surface area contributed by atoms with E-state index in [9.17, 15) is 0 Å². The topological polar surface area (TPSA) is 46.2 Å². The van der Waals surface area contributed by atoms with Crippen LogP contribution in [-0.2, 0) is 4.74 Å². The molecule has 2 rings (SSSR count). The zero-order chi connectivity index (χ0) is 14.0. The molecule has 0 fully saturated rings. The number of rotatable bonds is 9. The van der Waals surface area contributed by atoms with Gasteiger partial charge in [0.05, 0.1) is 12.1 Å². The van der Waals surface area contributed by atoms with Gasteiger partial charge in [0.15, 0.2) is 0 Å². The van der Waals surface area contributed by atoms with Crippen molar-refractivity contribution in [2.75, 3.05) is 38.2 Å². The third-order valence-electron chi connectivity index (χ3n) is 3.06. The first-order valence-corrected chi connectivity index (χ1v) is 7.28. The second kappa shape index (κ2) is 8.51. The number of hydrogen-bond acceptors (Lipinski definition) is 4. The first kappa shape index (κ1) is 14.8. The maximum atomic E-state index is 5.26. The summed E-state index contributed by atoms with van der Waals surface area (Å²) in [7, 11) is 0. The van der Waals surface area contributed by atoms with E-state index in [4.69, 9.17) is 4.74 Å². The smallest absolute Gasteiger partial charge is 0.126 e. The molecule has 0 aliphatic heterocycles. The van der Waals surface area contributed by atoms with Crippen LogP contribution in [0.5, 0.6) is 0 Å². The lowest BCUT2D eigenvalue weighted by Crippen LogP contribution is -2.22. The molecule has 0 saturated carbocycles. The van der Waals surface area contributed by atoms with Crippen LogP contribution >= 0.6 is 0 Å². The van der Waals surface area contributed by atoms with Crippen LogP contribution in [0.4, 0.5) is 5.82 Å². The molecule has 108 valence electrons. The molecule has 4 nitrogen and oxygen atoms in total. The molecule has 0 unspecified atom stereocenters. The summed E-state index contributed by atoms with van der Waals surface area (Å²) in [6, 6.07) is 12.3. The molecule has 0 spiro atoms. The Morgan fingerprint density at radius 1 is 1.05 bits per heavy atom. The van der Waals surface area contributed by atoms with Crippen molar-refractivity contribution in [3.63, 3.8) is 0 Å². The molecule has 0 radical (unpaired) electrons. The lowest BCUT2D eigenvalue weighted by molar-refractivity contribution is 0.149. The first-order chi connectivity index (χ1) is 9.90. The summed E-state index contributed by atoms with van der Waals surface area (Å²) in [5, 5.41) is 7.88. The fourth-order valence-electron chi connectivity index (χ4n) is 2.01. The predicted octanol–water partition coefficient (Wildman–Crippen LogP) is 2.66. The summed E-state index contributed by atoms with van der Waals surface area (Å²) < 4.78 is 5.26. The number of aromatic nitrogens is 1. The molecule has 20 heavy (non-hydrogen) atoms. The number of para-hydroxylation sites is 1. The molecular weight excluding hydrogens is 250 g/mol. The van der Waals surface area contributed by atoms with Crippen LogP contribution in [0.15, 0.2) is 36.4 Å². The Balaban J connectivity index is 1.65. The van der Waals surface area contributed by atoms with E-state index in [0.29, 0.717) is 0 Å². The van der Waals surface area contributed by atoms with Crippen LogP contribution in [0.1, 0.15) is 13.3 Å². The zero-order valence-corrected chi connectivity index (χ0v) is 12.1. The van der Waals surface area contributed by atoms with E-state index >= 15 is 0 Å². The van der Waals surface area contributed by atoms with Crippen molar-refractivity contribution >= 4 is 16.7 Å². The number of nitrogens with one attached hydrogen (secondary N) is 2. The summed E-state index contributed by atoms with van der Waals surface area (Å²) in [4.78, 5) is 4.58. The highest BCUT2D eigenvalue weighted by Crippen LogP contribution is 2.14. The van der Waals surface area contributed by atoms with Gasteiger partial charge in [-0.2, -0.15) is 0 Å². The Morgan fingerprint density at radius 3 is 2.85 bits per heavy atom. The van der Waals surface area contributed by atoms with Gasteiger partial charge in [-0.15, -0.1) is 0 Å². The summed E-state index contributed by atoms with van der Waals surface area (Å²) in [5.41, 5.74) is 1.03. The van der Waals surface area contributed by atoms with Crippen LogP contribution in [0, 0.1) is 0 Å². The van der Waals surface area contributed by atoms with Gasteiger partial charge in [0.2, 0.25) is 0 Å². The van der Waals surface area contributed by atoms with Gasteiger partial charge < -0.3 is 15.4 Å². The molecule has 0 saturated heterocycles. The number of nitrogens with zero attached hydrogens (tertiary/aromatic N) is 1. The highest BCUT2D eigenvalue weighted by molar-refractivity contribution is 5.79. The van der Waals surface area contributed by atoms with E-state index in [1.54, 1.807) is 0 Å².